The van der Waals surface area contributed by atoms with Crippen LogP contribution in [-0.2, 0) is 9.59 Å². The molecular formula is C20H18N6O2S3. The van der Waals surface area contributed by atoms with Gasteiger partial charge in [0.25, 0.3) is 0 Å². The number of thioether (sulfide) groups is 2. The van der Waals surface area contributed by atoms with E-state index in [1.54, 1.807) is 12.1 Å². The van der Waals surface area contributed by atoms with Crippen molar-refractivity contribution in [1.29, 1.82) is 5.26 Å². The average molecular weight is 471 g/mol. The van der Waals surface area contributed by atoms with E-state index in [2.05, 4.69) is 31.0 Å². The maximum Gasteiger partial charge on any atom is 0.235 e. The topological polar surface area (TPSA) is 121 Å². The van der Waals surface area contributed by atoms with Gasteiger partial charge in [-0.3, -0.25) is 9.59 Å². The van der Waals surface area contributed by atoms with Crippen LogP contribution in [0.5, 0.6) is 0 Å². The minimum Gasteiger partial charge on any atom is -0.310 e. The van der Waals surface area contributed by atoms with Crippen LogP contribution in [0.4, 0.5) is 11.6 Å². The number of nitrogens with one attached hydrogen (secondary N) is 2. The second-order valence-electron chi connectivity index (χ2n) is 6.26. The molecule has 2 amide bonds. The zero-order valence-corrected chi connectivity index (χ0v) is 19.2. The lowest BCUT2D eigenvalue weighted by molar-refractivity contribution is -0.114. The molecule has 0 saturated heterocycles. The molecule has 158 valence electrons. The predicted octanol–water partition coefficient (Wildman–Crippen LogP) is 3.88. The highest BCUT2D eigenvalue weighted by molar-refractivity contribution is 8.02. The monoisotopic (exact) mass is 470 g/mol. The predicted molar refractivity (Wildman–Crippen MR) is 123 cm³/mol. The summed E-state index contributed by atoms with van der Waals surface area (Å²) in [4.78, 5) is 32.8. The molecule has 0 aliphatic carbocycles. The Morgan fingerprint density at radius 1 is 0.968 bits per heavy atom. The van der Waals surface area contributed by atoms with E-state index in [0.29, 0.717) is 26.4 Å². The molecule has 0 spiro atoms. The number of hydrogen-bond donors (Lipinski definition) is 2. The van der Waals surface area contributed by atoms with Gasteiger partial charge in [-0.1, -0.05) is 23.9 Å². The highest BCUT2D eigenvalue weighted by Crippen LogP contribution is 2.34. The Bertz CT molecular complexity index is 1060. The van der Waals surface area contributed by atoms with E-state index in [4.69, 9.17) is 0 Å². The molecule has 8 nitrogen and oxygen atoms in total. The van der Waals surface area contributed by atoms with Gasteiger partial charge in [-0.25, -0.2) is 9.97 Å². The molecule has 0 aliphatic heterocycles. The van der Waals surface area contributed by atoms with E-state index >= 15 is 0 Å². The van der Waals surface area contributed by atoms with Crippen molar-refractivity contribution in [3.63, 3.8) is 0 Å². The molecule has 0 radical (unpaired) electrons. The maximum absolute atomic E-state index is 12.2. The van der Waals surface area contributed by atoms with E-state index in [0.717, 1.165) is 22.9 Å². The molecule has 0 bridgehead atoms. The summed E-state index contributed by atoms with van der Waals surface area (Å²) in [6, 6.07) is 12.9. The Morgan fingerprint density at radius 2 is 1.52 bits per heavy atom. The molecular weight excluding hydrogens is 452 g/mol. The van der Waals surface area contributed by atoms with Crippen molar-refractivity contribution in [2.75, 3.05) is 22.1 Å². The molecule has 31 heavy (non-hydrogen) atoms. The minimum atomic E-state index is -0.237. The number of carbonyl (C=O) groups excluding carboxylic acids is 2. The van der Waals surface area contributed by atoms with Gasteiger partial charge in [0.05, 0.1) is 11.5 Å². The number of nitriles is 1. The SMILES string of the molecule is Cc1cccc(NC(=O)CSc2nsc(SCC(=O)Nc3cccc(C)n3)c2C#N)n1. The van der Waals surface area contributed by atoms with Crippen molar-refractivity contribution in [2.45, 2.75) is 23.1 Å². The third-order valence-corrected chi connectivity index (χ3v) is 6.91. The first-order valence-electron chi connectivity index (χ1n) is 9.07. The Labute approximate surface area is 192 Å². The number of amides is 2. The highest BCUT2D eigenvalue weighted by Gasteiger charge is 2.17. The second-order valence-corrected chi connectivity index (χ2v) is 9.25. The summed E-state index contributed by atoms with van der Waals surface area (Å²) in [6.45, 7) is 3.69. The molecule has 3 aromatic rings. The van der Waals surface area contributed by atoms with Crippen molar-refractivity contribution >= 4 is 58.5 Å². The van der Waals surface area contributed by atoms with Gasteiger partial charge in [0.1, 0.15) is 32.5 Å². The zero-order chi connectivity index (χ0) is 22.2. The highest BCUT2D eigenvalue weighted by atomic mass is 32.2. The number of hydrogen-bond acceptors (Lipinski definition) is 9. The Morgan fingerprint density at radius 3 is 2.03 bits per heavy atom. The fraction of sp³-hybridized carbons (Fsp3) is 0.200. The third-order valence-electron chi connectivity index (χ3n) is 3.73. The van der Waals surface area contributed by atoms with Crippen LogP contribution >= 0.6 is 35.1 Å². The van der Waals surface area contributed by atoms with Crippen LogP contribution < -0.4 is 10.6 Å². The van der Waals surface area contributed by atoms with E-state index in [1.807, 2.05) is 38.1 Å². The number of aryl methyl sites for hydroxylation is 2. The normalized spacial score (nSPS) is 10.4. The summed E-state index contributed by atoms with van der Waals surface area (Å²) in [7, 11) is 0. The summed E-state index contributed by atoms with van der Waals surface area (Å²) >= 11 is 3.55. The molecule has 0 atom stereocenters. The number of aromatic nitrogens is 3. The van der Waals surface area contributed by atoms with Gasteiger partial charge in [0, 0.05) is 11.4 Å². The molecule has 11 heteroatoms. The largest absolute Gasteiger partial charge is 0.310 e. The Kier molecular flexibility index (Phi) is 8.00. The summed E-state index contributed by atoms with van der Waals surface area (Å²) in [5.41, 5.74) is 1.99. The number of rotatable bonds is 8. The van der Waals surface area contributed by atoms with E-state index in [-0.39, 0.29) is 23.3 Å². The van der Waals surface area contributed by atoms with Crippen molar-refractivity contribution in [3.8, 4) is 6.07 Å². The molecule has 3 heterocycles. The summed E-state index contributed by atoms with van der Waals surface area (Å²) in [6.07, 6.45) is 0. The summed E-state index contributed by atoms with van der Waals surface area (Å²) in [5, 5.41) is 15.4. The molecule has 2 N–H and O–H groups in total. The van der Waals surface area contributed by atoms with Crippen LogP contribution in [0.25, 0.3) is 0 Å². The van der Waals surface area contributed by atoms with Crippen molar-refractivity contribution < 1.29 is 9.59 Å². The smallest absolute Gasteiger partial charge is 0.235 e. The quantitative estimate of drug-likeness (QED) is 0.476. The molecule has 0 aliphatic rings. The molecule has 3 rings (SSSR count). The van der Waals surface area contributed by atoms with Gasteiger partial charge in [0.2, 0.25) is 11.8 Å². The van der Waals surface area contributed by atoms with Gasteiger partial charge >= 0.3 is 0 Å². The van der Waals surface area contributed by atoms with Crippen LogP contribution in [0, 0.1) is 25.2 Å². The maximum atomic E-state index is 12.2. The van der Waals surface area contributed by atoms with Gasteiger partial charge < -0.3 is 10.6 Å². The second kappa shape index (κ2) is 10.9. The van der Waals surface area contributed by atoms with Crippen molar-refractivity contribution in [1.82, 2.24) is 14.3 Å². The molecule has 0 aromatic carbocycles. The van der Waals surface area contributed by atoms with Gasteiger partial charge in [-0.05, 0) is 49.6 Å². The standard InChI is InChI=1S/C20H18N6O2S3/c1-12-5-3-7-15(22-12)24-17(27)10-29-19-14(9-21)20(31-26-19)30-11-18(28)25-16-8-4-6-13(2)23-16/h3-8H,10-11H2,1-2H3,(H,22,24,27)(H,23,25,28). The molecule has 0 fully saturated rings. The minimum absolute atomic E-state index is 0.0949. The van der Waals surface area contributed by atoms with Gasteiger partial charge in [-0.2, -0.15) is 9.64 Å². The summed E-state index contributed by atoms with van der Waals surface area (Å²) in [5.74, 6) is 0.725. The number of nitrogens with zero attached hydrogens (tertiary/aromatic N) is 4. The van der Waals surface area contributed by atoms with Crippen molar-refractivity contribution in [3.05, 3.63) is 53.3 Å². The lowest BCUT2D eigenvalue weighted by Crippen LogP contribution is -2.15. The van der Waals surface area contributed by atoms with Crippen LogP contribution in [0.1, 0.15) is 17.0 Å². The van der Waals surface area contributed by atoms with Crippen LogP contribution in [-0.4, -0.2) is 37.7 Å². The van der Waals surface area contributed by atoms with Crippen LogP contribution in [0.15, 0.2) is 45.6 Å². The fourth-order valence-corrected chi connectivity index (χ4v) is 5.10. The number of pyridine rings is 2. The first-order chi connectivity index (χ1) is 14.9. The third kappa shape index (κ3) is 6.78. The van der Waals surface area contributed by atoms with Gasteiger partial charge in [-0.15, -0.1) is 11.8 Å². The number of carbonyl (C=O) groups is 2. The first-order valence-corrected chi connectivity index (χ1v) is 11.8. The Balaban J connectivity index is 1.53. The summed E-state index contributed by atoms with van der Waals surface area (Å²) < 4.78 is 4.91. The molecule has 0 saturated carbocycles. The van der Waals surface area contributed by atoms with Crippen LogP contribution in [0.3, 0.4) is 0 Å². The van der Waals surface area contributed by atoms with Crippen LogP contribution in [0.2, 0.25) is 0 Å². The van der Waals surface area contributed by atoms with E-state index < -0.39 is 0 Å². The first kappa shape index (κ1) is 22.7. The van der Waals surface area contributed by atoms with E-state index in [9.17, 15) is 14.9 Å². The Hall–Kier alpha value is -2.94. The van der Waals surface area contributed by atoms with Crippen molar-refractivity contribution in [2.24, 2.45) is 0 Å². The lowest BCUT2D eigenvalue weighted by atomic mass is 10.4. The fourth-order valence-electron chi connectivity index (χ4n) is 2.40. The average Bonchev–Trinajstić information content (AvgIpc) is 3.12. The van der Waals surface area contributed by atoms with E-state index in [1.165, 1.54) is 23.5 Å². The zero-order valence-electron chi connectivity index (χ0n) is 16.7. The number of anilines is 2. The van der Waals surface area contributed by atoms with Gasteiger partial charge in [0.15, 0.2) is 0 Å². The molecule has 0 unspecified atom stereocenters. The molecule has 3 aromatic heterocycles. The lowest BCUT2D eigenvalue weighted by Gasteiger charge is -2.05.